The number of hydrogen-bond donors (Lipinski definition) is 0. The van der Waals surface area contributed by atoms with Crippen LogP contribution in [0.3, 0.4) is 0 Å². The summed E-state index contributed by atoms with van der Waals surface area (Å²) in [5.74, 6) is 1.09. The lowest BCUT2D eigenvalue weighted by molar-refractivity contribution is 0.0746. The second-order valence-electron chi connectivity index (χ2n) is 7.08. The van der Waals surface area contributed by atoms with Gasteiger partial charge in [0.2, 0.25) is 0 Å². The molecule has 0 unspecified atom stereocenters. The lowest BCUT2D eigenvalue weighted by Gasteiger charge is -2.35. The van der Waals surface area contributed by atoms with Crippen molar-refractivity contribution < 1.29 is 4.79 Å². The number of hydrogen-bond acceptors (Lipinski definition) is 4. The van der Waals surface area contributed by atoms with Gasteiger partial charge in [-0.1, -0.05) is 18.2 Å². The van der Waals surface area contributed by atoms with Crippen LogP contribution in [0.2, 0.25) is 0 Å². The molecule has 1 fully saturated rings. The maximum Gasteiger partial charge on any atom is 0.253 e. The normalized spacial score (nSPS) is 14.4. The molecular formula is C22H24N4O. The van der Waals surface area contributed by atoms with Crippen LogP contribution in [-0.2, 0) is 0 Å². The molecule has 2 aromatic carbocycles. The first kappa shape index (κ1) is 17.3. The van der Waals surface area contributed by atoms with Crippen molar-refractivity contribution >= 4 is 28.3 Å². The first-order valence-electron chi connectivity index (χ1n) is 9.29. The highest BCUT2D eigenvalue weighted by atomic mass is 16.2. The zero-order valence-corrected chi connectivity index (χ0v) is 15.8. The molecule has 138 valence electrons. The van der Waals surface area contributed by atoms with Gasteiger partial charge in [-0.2, -0.15) is 0 Å². The van der Waals surface area contributed by atoms with Crippen LogP contribution in [0.1, 0.15) is 10.4 Å². The molecule has 0 N–H and O–H groups in total. The van der Waals surface area contributed by atoms with Gasteiger partial charge in [0.15, 0.2) is 0 Å². The van der Waals surface area contributed by atoms with Crippen LogP contribution in [0.15, 0.2) is 60.7 Å². The molecular weight excluding hydrogens is 336 g/mol. The maximum absolute atomic E-state index is 12.8. The Kier molecular flexibility index (Phi) is 4.67. The molecule has 0 radical (unpaired) electrons. The summed E-state index contributed by atoms with van der Waals surface area (Å²) < 4.78 is 0. The number of carbonyl (C=O) groups excluding carboxylic acids is 1. The molecule has 0 bridgehead atoms. The van der Waals surface area contributed by atoms with Gasteiger partial charge < -0.3 is 14.7 Å². The molecule has 1 aliphatic heterocycles. The molecule has 4 rings (SSSR count). The van der Waals surface area contributed by atoms with Crippen molar-refractivity contribution in [2.75, 3.05) is 50.1 Å². The first-order valence-corrected chi connectivity index (χ1v) is 9.29. The summed E-state index contributed by atoms with van der Waals surface area (Å²) in [6, 6.07) is 20.1. The Morgan fingerprint density at radius 2 is 1.59 bits per heavy atom. The molecule has 0 spiro atoms. The molecule has 27 heavy (non-hydrogen) atoms. The van der Waals surface area contributed by atoms with E-state index in [-0.39, 0.29) is 5.91 Å². The Hall–Kier alpha value is -3.08. The summed E-state index contributed by atoms with van der Waals surface area (Å²) in [5.41, 5.74) is 2.85. The van der Waals surface area contributed by atoms with Gasteiger partial charge in [0.25, 0.3) is 5.91 Å². The van der Waals surface area contributed by atoms with Crippen LogP contribution < -0.4 is 9.80 Å². The molecule has 0 atom stereocenters. The number of para-hydroxylation sites is 1. The minimum Gasteiger partial charge on any atom is -0.378 e. The molecule has 3 aromatic rings. The molecule has 0 aliphatic carbocycles. The minimum atomic E-state index is 0.103. The Morgan fingerprint density at radius 3 is 2.30 bits per heavy atom. The van der Waals surface area contributed by atoms with E-state index in [9.17, 15) is 4.79 Å². The third-order valence-electron chi connectivity index (χ3n) is 5.11. The van der Waals surface area contributed by atoms with Crippen LogP contribution in [-0.4, -0.2) is 56.1 Å². The molecule has 5 heteroatoms. The predicted octanol–water partition coefficient (Wildman–Crippen LogP) is 3.26. The average Bonchev–Trinajstić information content (AvgIpc) is 2.73. The first-order chi connectivity index (χ1) is 13.1. The third kappa shape index (κ3) is 3.58. The largest absolute Gasteiger partial charge is 0.378 e. The number of piperazine rings is 1. The number of anilines is 2. The van der Waals surface area contributed by atoms with E-state index in [1.807, 2.05) is 66.4 Å². The predicted molar refractivity (Wildman–Crippen MR) is 111 cm³/mol. The molecule has 1 aliphatic rings. The van der Waals surface area contributed by atoms with E-state index in [0.717, 1.165) is 41.1 Å². The SMILES string of the molecule is CN(C)c1ccc(C(=O)N2CCN(c3ccc4ccccc4n3)CC2)cc1. The summed E-state index contributed by atoms with van der Waals surface area (Å²) in [6.07, 6.45) is 0. The summed E-state index contributed by atoms with van der Waals surface area (Å²) in [4.78, 5) is 23.8. The third-order valence-corrected chi connectivity index (χ3v) is 5.11. The number of amides is 1. The van der Waals surface area contributed by atoms with E-state index < -0.39 is 0 Å². The lowest BCUT2D eigenvalue weighted by atomic mass is 10.1. The van der Waals surface area contributed by atoms with E-state index in [4.69, 9.17) is 4.98 Å². The number of pyridine rings is 1. The average molecular weight is 360 g/mol. The maximum atomic E-state index is 12.8. The zero-order chi connectivity index (χ0) is 18.8. The number of fused-ring (bicyclic) bond motifs is 1. The minimum absolute atomic E-state index is 0.103. The van der Waals surface area contributed by atoms with E-state index in [2.05, 4.69) is 23.1 Å². The van der Waals surface area contributed by atoms with Gasteiger partial charge in [-0.3, -0.25) is 4.79 Å². The number of carbonyl (C=O) groups is 1. The second-order valence-corrected chi connectivity index (χ2v) is 7.08. The van der Waals surface area contributed by atoms with Crippen molar-refractivity contribution in [1.29, 1.82) is 0 Å². The smallest absolute Gasteiger partial charge is 0.253 e. The molecule has 5 nitrogen and oxygen atoms in total. The fourth-order valence-corrected chi connectivity index (χ4v) is 3.45. The van der Waals surface area contributed by atoms with Gasteiger partial charge in [0.1, 0.15) is 5.82 Å². The molecule has 2 heterocycles. The number of aromatic nitrogens is 1. The van der Waals surface area contributed by atoms with E-state index in [1.54, 1.807) is 0 Å². The molecule has 0 saturated carbocycles. The topological polar surface area (TPSA) is 39.7 Å². The zero-order valence-electron chi connectivity index (χ0n) is 15.8. The van der Waals surface area contributed by atoms with Crippen molar-refractivity contribution in [3.8, 4) is 0 Å². The summed E-state index contributed by atoms with van der Waals surface area (Å²) in [6.45, 7) is 3.02. The number of rotatable bonds is 3. The van der Waals surface area contributed by atoms with Crippen molar-refractivity contribution in [3.63, 3.8) is 0 Å². The quantitative estimate of drug-likeness (QED) is 0.719. The highest BCUT2D eigenvalue weighted by Crippen LogP contribution is 2.20. The van der Waals surface area contributed by atoms with Crippen molar-refractivity contribution in [1.82, 2.24) is 9.88 Å². The van der Waals surface area contributed by atoms with Gasteiger partial charge in [0, 0.05) is 56.9 Å². The second kappa shape index (κ2) is 7.27. The summed E-state index contributed by atoms with van der Waals surface area (Å²) in [7, 11) is 3.99. The van der Waals surface area contributed by atoms with E-state index in [0.29, 0.717) is 13.1 Å². The van der Waals surface area contributed by atoms with Gasteiger partial charge in [-0.15, -0.1) is 0 Å². The Labute approximate surface area is 159 Å². The van der Waals surface area contributed by atoms with Gasteiger partial charge >= 0.3 is 0 Å². The van der Waals surface area contributed by atoms with E-state index in [1.165, 1.54) is 0 Å². The van der Waals surface area contributed by atoms with E-state index >= 15 is 0 Å². The van der Waals surface area contributed by atoms with Crippen molar-refractivity contribution in [2.45, 2.75) is 0 Å². The molecule has 1 aromatic heterocycles. The van der Waals surface area contributed by atoms with Crippen LogP contribution in [0.5, 0.6) is 0 Å². The standard InChI is InChI=1S/C22H24N4O/c1-24(2)19-10-7-18(8-11-19)22(27)26-15-13-25(14-16-26)21-12-9-17-5-3-4-6-20(17)23-21/h3-12H,13-16H2,1-2H3. The summed E-state index contributed by atoms with van der Waals surface area (Å²) in [5, 5.41) is 1.15. The van der Waals surface area contributed by atoms with Crippen LogP contribution >= 0.6 is 0 Å². The monoisotopic (exact) mass is 360 g/mol. The van der Waals surface area contributed by atoms with Crippen LogP contribution in [0, 0.1) is 0 Å². The molecule has 1 saturated heterocycles. The van der Waals surface area contributed by atoms with Gasteiger partial charge in [-0.05, 0) is 42.5 Å². The van der Waals surface area contributed by atoms with Crippen molar-refractivity contribution in [3.05, 3.63) is 66.2 Å². The Balaban J connectivity index is 1.42. The fourth-order valence-electron chi connectivity index (χ4n) is 3.45. The van der Waals surface area contributed by atoms with Crippen LogP contribution in [0.25, 0.3) is 10.9 Å². The van der Waals surface area contributed by atoms with Crippen LogP contribution in [0.4, 0.5) is 11.5 Å². The number of nitrogens with zero attached hydrogens (tertiary/aromatic N) is 4. The highest BCUT2D eigenvalue weighted by Gasteiger charge is 2.23. The number of benzene rings is 2. The highest BCUT2D eigenvalue weighted by molar-refractivity contribution is 5.94. The Bertz CT molecular complexity index is 944. The lowest BCUT2D eigenvalue weighted by Crippen LogP contribution is -2.49. The Morgan fingerprint density at radius 1 is 0.889 bits per heavy atom. The summed E-state index contributed by atoms with van der Waals surface area (Å²) >= 11 is 0. The van der Waals surface area contributed by atoms with Gasteiger partial charge in [-0.25, -0.2) is 4.98 Å². The van der Waals surface area contributed by atoms with Crippen molar-refractivity contribution in [2.24, 2.45) is 0 Å². The fraction of sp³-hybridized carbons (Fsp3) is 0.273. The molecule has 1 amide bonds. The van der Waals surface area contributed by atoms with Gasteiger partial charge in [0.05, 0.1) is 5.52 Å².